The van der Waals surface area contributed by atoms with Crippen molar-refractivity contribution in [2.75, 3.05) is 6.61 Å². The molecular formula is C12H14N2O3S. The van der Waals surface area contributed by atoms with Gasteiger partial charge in [0.2, 0.25) is 0 Å². The minimum absolute atomic E-state index is 0.0678. The maximum Gasteiger partial charge on any atom is 0.297 e. The van der Waals surface area contributed by atoms with Crippen molar-refractivity contribution in [3.8, 4) is 0 Å². The molecule has 18 heavy (non-hydrogen) atoms. The second-order valence-electron chi connectivity index (χ2n) is 3.81. The van der Waals surface area contributed by atoms with Gasteiger partial charge in [-0.2, -0.15) is 13.5 Å². The molecule has 0 N–H and O–H groups in total. The van der Waals surface area contributed by atoms with Gasteiger partial charge in [0.1, 0.15) is 0 Å². The molecule has 0 atom stereocenters. The summed E-state index contributed by atoms with van der Waals surface area (Å²) in [5, 5.41) is 3.97. The summed E-state index contributed by atoms with van der Waals surface area (Å²) in [5.41, 5.74) is 0.677. The first-order valence-corrected chi connectivity index (χ1v) is 6.93. The van der Waals surface area contributed by atoms with E-state index in [0.29, 0.717) is 12.1 Å². The van der Waals surface area contributed by atoms with Crippen LogP contribution in [0.3, 0.4) is 0 Å². The van der Waals surface area contributed by atoms with Crippen molar-refractivity contribution in [3.05, 3.63) is 48.3 Å². The SMILES string of the molecule is Cc1ccccc1S(=O)(=O)OCCn1cccn1. The lowest BCUT2D eigenvalue weighted by Gasteiger charge is -2.07. The Labute approximate surface area is 106 Å². The van der Waals surface area contributed by atoms with Gasteiger partial charge < -0.3 is 0 Å². The Morgan fingerprint density at radius 3 is 2.72 bits per heavy atom. The summed E-state index contributed by atoms with van der Waals surface area (Å²) in [6, 6.07) is 8.52. The van der Waals surface area contributed by atoms with E-state index in [1.165, 1.54) is 0 Å². The number of benzene rings is 1. The fourth-order valence-electron chi connectivity index (χ4n) is 1.57. The van der Waals surface area contributed by atoms with Crippen molar-refractivity contribution < 1.29 is 12.6 Å². The number of aromatic nitrogens is 2. The van der Waals surface area contributed by atoms with Gasteiger partial charge in [0.05, 0.1) is 18.0 Å². The van der Waals surface area contributed by atoms with Crippen LogP contribution in [-0.4, -0.2) is 24.8 Å². The highest BCUT2D eigenvalue weighted by Gasteiger charge is 2.16. The zero-order valence-electron chi connectivity index (χ0n) is 9.98. The molecule has 0 amide bonds. The van der Waals surface area contributed by atoms with Gasteiger partial charge in [0.25, 0.3) is 10.1 Å². The first-order valence-electron chi connectivity index (χ1n) is 5.52. The first-order chi connectivity index (χ1) is 8.59. The Balaban J connectivity index is 2.02. The maximum atomic E-state index is 11.9. The molecule has 0 saturated carbocycles. The number of rotatable bonds is 5. The highest BCUT2D eigenvalue weighted by Crippen LogP contribution is 2.16. The highest BCUT2D eigenvalue weighted by molar-refractivity contribution is 7.86. The molecule has 0 unspecified atom stereocenters. The lowest BCUT2D eigenvalue weighted by atomic mass is 10.2. The van der Waals surface area contributed by atoms with Gasteiger partial charge in [-0.05, 0) is 24.6 Å². The fraction of sp³-hybridized carbons (Fsp3) is 0.250. The molecule has 1 aromatic heterocycles. The number of nitrogens with zero attached hydrogens (tertiary/aromatic N) is 2. The van der Waals surface area contributed by atoms with Crippen LogP contribution >= 0.6 is 0 Å². The quantitative estimate of drug-likeness (QED) is 0.771. The summed E-state index contributed by atoms with van der Waals surface area (Å²) in [5.74, 6) is 0. The van der Waals surface area contributed by atoms with Crippen molar-refractivity contribution in [2.24, 2.45) is 0 Å². The molecule has 5 nitrogen and oxygen atoms in total. The predicted octanol–water partition coefficient (Wildman–Crippen LogP) is 1.60. The summed E-state index contributed by atoms with van der Waals surface area (Å²) in [7, 11) is -3.69. The predicted molar refractivity (Wildman–Crippen MR) is 66.5 cm³/mol. The van der Waals surface area contributed by atoms with Crippen LogP contribution in [-0.2, 0) is 20.8 Å². The second-order valence-corrected chi connectivity index (χ2v) is 5.39. The molecule has 1 heterocycles. The summed E-state index contributed by atoms with van der Waals surface area (Å²) < 4.78 is 30.5. The summed E-state index contributed by atoms with van der Waals surface area (Å²) in [4.78, 5) is 0.213. The van der Waals surface area contributed by atoms with Gasteiger partial charge >= 0.3 is 0 Å². The largest absolute Gasteiger partial charge is 0.297 e. The van der Waals surface area contributed by atoms with Crippen LogP contribution in [0, 0.1) is 6.92 Å². The van der Waals surface area contributed by atoms with Crippen LogP contribution in [0.25, 0.3) is 0 Å². The van der Waals surface area contributed by atoms with Gasteiger partial charge in [0.15, 0.2) is 0 Å². The van der Waals surface area contributed by atoms with Gasteiger partial charge in [0, 0.05) is 12.4 Å². The van der Waals surface area contributed by atoms with Crippen LogP contribution in [0.15, 0.2) is 47.6 Å². The minimum Gasteiger partial charge on any atom is -0.270 e. The molecule has 0 saturated heterocycles. The monoisotopic (exact) mass is 266 g/mol. The Kier molecular flexibility index (Phi) is 3.78. The average molecular weight is 266 g/mol. The van der Waals surface area contributed by atoms with Crippen LogP contribution < -0.4 is 0 Å². The smallest absolute Gasteiger partial charge is 0.270 e. The van der Waals surface area contributed by atoms with E-state index in [0.717, 1.165) is 0 Å². The zero-order valence-corrected chi connectivity index (χ0v) is 10.8. The highest BCUT2D eigenvalue weighted by atomic mass is 32.2. The van der Waals surface area contributed by atoms with E-state index in [2.05, 4.69) is 5.10 Å². The van der Waals surface area contributed by atoms with Gasteiger partial charge in [-0.15, -0.1) is 0 Å². The normalized spacial score (nSPS) is 11.6. The lowest BCUT2D eigenvalue weighted by molar-refractivity contribution is 0.294. The fourth-order valence-corrected chi connectivity index (χ4v) is 2.70. The van der Waals surface area contributed by atoms with Crippen molar-refractivity contribution in [2.45, 2.75) is 18.4 Å². The Bertz CT molecular complexity index is 606. The van der Waals surface area contributed by atoms with Crippen LogP contribution in [0.2, 0.25) is 0 Å². The molecule has 96 valence electrons. The summed E-state index contributed by atoms with van der Waals surface area (Å²) in [6.45, 7) is 2.21. The molecule has 0 bridgehead atoms. The second kappa shape index (κ2) is 5.32. The van der Waals surface area contributed by atoms with E-state index in [9.17, 15) is 8.42 Å². The van der Waals surface area contributed by atoms with E-state index >= 15 is 0 Å². The topological polar surface area (TPSA) is 61.2 Å². The van der Waals surface area contributed by atoms with Crippen molar-refractivity contribution in [1.82, 2.24) is 9.78 Å². The molecule has 0 aliphatic carbocycles. The zero-order chi connectivity index (χ0) is 13.0. The molecule has 0 spiro atoms. The van der Waals surface area contributed by atoms with Gasteiger partial charge in [-0.25, -0.2) is 0 Å². The molecule has 0 aliphatic heterocycles. The Hall–Kier alpha value is -1.66. The third-order valence-electron chi connectivity index (χ3n) is 2.48. The lowest BCUT2D eigenvalue weighted by Crippen LogP contribution is -2.13. The summed E-state index contributed by atoms with van der Waals surface area (Å²) >= 11 is 0. The Morgan fingerprint density at radius 1 is 1.28 bits per heavy atom. The van der Waals surface area contributed by atoms with Crippen molar-refractivity contribution in [1.29, 1.82) is 0 Å². The summed E-state index contributed by atoms with van der Waals surface area (Å²) in [6.07, 6.45) is 3.39. The molecular weight excluding hydrogens is 252 g/mol. The van der Waals surface area contributed by atoms with Crippen molar-refractivity contribution >= 4 is 10.1 Å². The van der Waals surface area contributed by atoms with Gasteiger partial charge in [-0.3, -0.25) is 8.86 Å². The number of hydrogen-bond donors (Lipinski definition) is 0. The maximum absolute atomic E-state index is 11.9. The van der Waals surface area contributed by atoms with Crippen molar-refractivity contribution in [3.63, 3.8) is 0 Å². The van der Waals surface area contributed by atoms with E-state index in [-0.39, 0.29) is 11.5 Å². The standard InChI is InChI=1S/C12H14N2O3S/c1-11-5-2-3-6-12(11)18(15,16)17-10-9-14-8-4-7-13-14/h2-8H,9-10H2,1H3. The molecule has 6 heteroatoms. The van der Waals surface area contributed by atoms with Crippen LogP contribution in [0.5, 0.6) is 0 Å². The minimum atomic E-state index is -3.69. The number of hydrogen-bond acceptors (Lipinski definition) is 4. The van der Waals surface area contributed by atoms with Crippen LogP contribution in [0.1, 0.15) is 5.56 Å². The number of aryl methyl sites for hydroxylation is 1. The molecule has 0 fully saturated rings. The third-order valence-corrected chi connectivity index (χ3v) is 3.95. The van der Waals surface area contributed by atoms with E-state index in [1.54, 1.807) is 54.3 Å². The van der Waals surface area contributed by atoms with E-state index < -0.39 is 10.1 Å². The molecule has 2 rings (SSSR count). The first kappa shape index (κ1) is 12.8. The third kappa shape index (κ3) is 2.96. The van der Waals surface area contributed by atoms with E-state index in [1.807, 2.05) is 0 Å². The molecule has 2 aromatic rings. The Morgan fingerprint density at radius 2 is 2.06 bits per heavy atom. The van der Waals surface area contributed by atoms with Gasteiger partial charge in [-0.1, -0.05) is 18.2 Å². The molecule has 0 radical (unpaired) electrons. The molecule has 1 aromatic carbocycles. The average Bonchev–Trinajstić information content (AvgIpc) is 2.82. The van der Waals surface area contributed by atoms with Crippen LogP contribution in [0.4, 0.5) is 0 Å². The van der Waals surface area contributed by atoms with E-state index in [4.69, 9.17) is 4.18 Å². The molecule has 0 aliphatic rings.